The topological polar surface area (TPSA) is 82.2 Å². The van der Waals surface area contributed by atoms with Crippen LogP contribution in [0.15, 0.2) is 12.4 Å². The first kappa shape index (κ1) is 14.7. The van der Waals surface area contributed by atoms with Crippen molar-refractivity contribution >= 4 is 5.91 Å². The maximum atomic E-state index is 11.0. The maximum absolute atomic E-state index is 11.0. The predicted molar refractivity (Wildman–Crippen MR) is 69.3 cm³/mol. The van der Waals surface area contributed by atoms with E-state index in [1.807, 2.05) is 20.8 Å². The van der Waals surface area contributed by atoms with E-state index in [1.165, 1.54) is 0 Å². The zero-order valence-electron chi connectivity index (χ0n) is 11.3. The summed E-state index contributed by atoms with van der Waals surface area (Å²) in [5.41, 5.74) is 5.09. The summed E-state index contributed by atoms with van der Waals surface area (Å²) < 4.78 is 7.31. The number of imidazole rings is 1. The molecule has 1 rings (SSSR count). The van der Waals surface area contributed by atoms with Gasteiger partial charge in [-0.05, 0) is 20.8 Å². The Kier molecular flexibility index (Phi) is 5.30. The molecule has 0 fully saturated rings. The molecule has 1 heterocycles. The van der Waals surface area contributed by atoms with Crippen molar-refractivity contribution in [2.75, 3.05) is 19.7 Å². The van der Waals surface area contributed by atoms with Crippen LogP contribution >= 0.6 is 0 Å². The molecular formula is C12H22N4O2. The summed E-state index contributed by atoms with van der Waals surface area (Å²) in [6, 6.07) is 0. The highest BCUT2D eigenvalue weighted by Crippen LogP contribution is 2.04. The minimum Gasteiger partial charge on any atom is -0.375 e. The van der Waals surface area contributed by atoms with Gasteiger partial charge in [-0.25, -0.2) is 4.98 Å². The van der Waals surface area contributed by atoms with Crippen LogP contribution in [0, 0.1) is 0 Å². The Morgan fingerprint density at radius 1 is 1.50 bits per heavy atom. The Morgan fingerprint density at radius 2 is 2.22 bits per heavy atom. The average Bonchev–Trinajstić information content (AvgIpc) is 2.69. The van der Waals surface area contributed by atoms with Crippen molar-refractivity contribution in [2.24, 2.45) is 5.73 Å². The molecule has 1 aromatic heterocycles. The number of carbonyl (C=O) groups excluding carboxylic acids is 1. The zero-order valence-corrected chi connectivity index (χ0v) is 11.3. The Balaban J connectivity index is 2.18. The van der Waals surface area contributed by atoms with E-state index in [-0.39, 0.29) is 5.60 Å². The van der Waals surface area contributed by atoms with Crippen LogP contribution < -0.4 is 11.1 Å². The zero-order chi connectivity index (χ0) is 13.6. The van der Waals surface area contributed by atoms with Crippen LogP contribution in [0.1, 0.15) is 31.4 Å². The predicted octanol–water partition coefficient (Wildman–Crippen LogP) is 0.387. The van der Waals surface area contributed by atoms with Crippen LogP contribution in [0.4, 0.5) is 0 Å². The highest BCUT2D eigenvalue weighted by atomic mass is 16.5. The van der Waals surface area contributed by atoms with Gasteiger partial charge in [0.25, 0.3) is 5.91 Å². The van der Waals surface area contributed by atoms with Gasteiger partial charge >= 0.3 is 0 Å². The molecule has 0 aliphatic heterocycles. The maximum Gasteiger partial charge on any atom is 0.284 e. The van der Waals surface area contributed by atoms with Gasteiger partial charge in [-0.15, -0.1) is 0 Å². The van der Waals surface area contributed by atoms with Gasteiger partial charge in [0.05, 0.1) is 12.2 Å². The highest BCUT2D eigenvalue weighted by Gasteiger charge is 2.09. The molecule has 18 heavy (non-hydrogen) atoms. The van der Waals surface area contributed by atoms with Crippen LogP contribution in [-0.2, 0) is 11.3 Å². The molecule has 0 aromatic carbocycles. The minimum absolute atomic E-state index is 0.106. The number of aromatic nitrogens is 2. The van der Waals surface area contributed by atoms with Gasteiger partial charge in [0.15, 0.2) is 5.82 Å². The molecule has 3 N–H and O–H groups in total. The summed E-state index contributed by atoms with van der Waals surface area (Å²) in [5, 5.41) is 3.24. The monoisotopic (exact) mass is 254 g/mol. The number of rotatable bonds is 7. The number of carbonyl (C=O) groups is 1. The standard InChI is InChI=1S/C12H22N4O2/c1-12(2,3)18-9-6-14-4-7-16-8-5-15-11(16)10(13)17/h5,8,14H,4,6-7,9H2,1-3H3,(H2,13,17). The number of amides is 1. The third-order valence-electron chi connectivity index (χ3n) is 2.28. The Morgan fingerprint density at radius 3 is 2.83 bits per heavy atom. The molecule has 1 aromatic rings. The van der Waals surface area contributed by atoms with Crippen molar-refractivity contribution in [3.05, 3.63) is 18.2 Å². The highest BCUT2D eigenvalue weighted by molar-refractivity contribution is 5.89. The second-order valence-electron chi connectivity index (χ2n) is 5.02. The third kappa shape index (κ3) is 5.29. The van der Waals surface area contributed by atoms with Gasteiger partial charge in [-0.2, -0.15) is 0 Å². The lowest BCUT2D eigenvalue weighted by Gasteiger charge is -2.19. The average molecular weight is 254 g/mol. The van der Waals surface area contributed by atoms with Crippen LogP contribution in [0.5, 0.6) is 0 Å². The van der Waals surface area contributed by atoms with Crippen LogP contribution in [-0.4, -0.2) is 40.8 Å². The number of ether oxygens (including phenoxy) is 1. The first-order chi connectivity index (χ1) is 8.40. The van der Waals surface area contributed by atoms with Crippen molar-refractivity contribution in [1.29, 1.82) is 0 Å². The summed E-state index contributed by atoms with van der Waals surface area (Å²) in [6.07, 6.45) is 3.32. The van der Waals surface area contributed by atoms with E-state index in [0.29, 0.717) is 19.0 Å². The minimum atomic E-state index is -0.504. The second-order valence-corrected chi connectivity index (χ2v) is 5.02. The summed E-state index contributed by atoms with van der Waals surface area (Å²) in [6.45, 7) is 8.92. The second kappa shape index (κ2) is 6.51. The van der Waals surface area contributed by atoms with E-state index >= 15 is 0 Å². The fourth-order valence-corrected chi connectivity index (χ4v) is 1.47. The molecule has 1 amide bonds. The molecule has 6 heteroatoms. The Labute approximate surface area is 108 Å². The normalized spacial score (nSPS) is 11.7. The van der Waals surface area contributed by atoms with Crippen LogP contribution in [0.3, 0.4) is 0 Å². The van der Waals surface area contributed by atoms with E-state index in [2.05, 4.69) is 10.3 Å². The van der Waals surface area contributed by atoms with Crippen molar-refractivity contribution in [1.82, 2.24) is 14.9 Å². The molecule has 0 unspecified atom stereocenters. The number of nitrogens with two attached hydrogens (primary N) is 1. The van der Waals surface area contributed by atoms with Crippen LogP contribution in [0.2, 0.25) is 0 Å². The fraction of sp³-hybridized carbons (Fsp3) is 0.667. The van der Waals surface area contributed by atoms with E-state index < -0.39 is 5.91 Å². The Hall–Kier alpha value is -1.40. The molecule has 0 saturated heterocycles. The summed E-state index contributed by atoms with van der Waals surface area (Å²) in [5.74, 6) is -0.209. The third-order valence-corrected chi connectivity index (χ3v) is 2.28. The van der Waals surface area contributed by atoms with Gasteiger partial charge in [-0.1, -0.05) is 0 Å². The molecule has 0 spiro atoms. The van der Waals surface area contributed by atoms with E-state index in [9.17, 15) is 4.79 Å². The first-order valence-corrected chi connectivity index (χ1v) is 6.06. The molecule has 6 nitrogen and oxygen atoms in total. The summed E-state index contributed by atoms with van der Waals surface area (Å²) >= 11 is 0. The van der Waals surface area contributed by atoms with Gasteiger partial charge < -0.3 is 20.4 Å². The van der Waals surface area contributed by atoms with Gasteiger partial charge in [0.2, 0.25) is 0 Å². The largest absolute Gasteiger partial charge is 0.375 e. The number of nitrogens with zero attached hydrogens (tertiary/aromatic N) is 2. The molecule has 102 valence electrons. The molecule has 0 atom stereocenters. The lowest BCUT2D eigenvalue weighted by Crippen LogP contribution is -2.29. The Bertz CT molecular complexity index is 382. The number of primary amides is 1. The molecule has 0 aliphatic carbocycles. The fourth-order valence-electron chi connectivity index (χ4n) is 1.47. The SMILES string of the molecule is CC(C)(C)OCCNCCn1ccnc1C(N)=O. The number of hydrogen-bond acceptors (Lipinski definition) is 4. The van der Waals surface area contributed by atoms with E-state index in [4.69, 9.17) is 10.5 Å². The molecule has 0 radical (unpaired) electrons. The molecule has 0 saturated carbocycles. The van der Waals surface area contributed by atoms with Gasteiger partial charge in [0, 0.05) is 32.0 Å². The summed E-state index contributed by atoms with van der Waals surface area (Å²) in [4.78, 5) is 14.9. The molecule has 0 aliphatic rings. The lowest BCUT2D eigenvalue weighted by molar-refractivity contribution is -0.000796. The summed E-state index contributed by atoms with van der Waals surface area (Å²) in [7, 11) is 0. The number of hydrogen-bond donors (Lipinski definition) is 2. The first-order valence-electron chi connectivity index (χ1n) is 6.06. The smallest absolute Gasteiger partial charge is 0.284 e. The lowest BCUT2D eigenvalue weighted by atomic mass is 10.2. The van der Waals surface area contributed by atoms with E-state index in [1.54, 1.807) is 17.0 Å². The van der Waals surface area contributed by atoms with E-state index in [0.717, 1.165) is 13.1 Å². The van der Waals surface area contributed by atoms with Crippen molar-refractivity contribution < 1.29 is 9.53 Å². The van der Waals surface area contributed by atoms with Crippen LogP contribution in [0.25, 0.3) is 0 Å². The molecular weight excluding hydrogens is 232 g/mol. The van der Waals surface area contributed by atoms with Crippen molar-refractivity contribution in [2.45, 2.75) is 32.9 Å². The van der Waals surface area contributed by atoms with Gasteiger partial charge in [-0.3, -0.25) is 4.79 Å². The number of nitrogens with one attached hydrogen (secondary N) is 1. The van der Waals surface area contributed by atoms with Gasteiger partial charge in [0.1, 0.15) is 0 Å². The van der Waals surface area contributed by atoms with Crippen molar-refractivity contribution in [3.63, 3.8) is 0 Å². The van der Waals surface area contributed by atoms with Crippen molar-refractivity contribution in [3.8, 4) is 0 Å². The molecule has 0 bridgehead atoms. The quantitative estimate of drug-likeness (QED) is 0.689.